The zero-order valence-electron chi connectivity index (χ0n) is 57.1. The van der Waals surface area contributed by atoms with Crippen LogP contribution < -0.4 is 0 Å². The fraction of sp³-hybridized carbons (Fsp3) is 1.00. The van der Waals surface area contributed by atoms with Crippen molar-refractivity contribution in [2.45, 2.75) is 188 Å². The van der Waals surface area contributed by atoms with Crippen molar-refractivity contribution in [1.82, 2.24) is 0 Å². The van der Waals surface area contributed by atoms with E-state index in [9.17, 15) is 0 Å². The molecule has 8 unspecified atom stereocenters. The van der Waals surface area contributed by atoms with Crippen molar-refractivity contribution in [3.05, 3.63) is 0 Å². The average molecular weight is 1750 g/mol. The molecule has 0 aromatic heterocycles. The third-order valence-corrected chi connectivity index (χ3v) is 91.5. The van der Waals surface area contributed by atoms with Crippen molar-refractivity contribution in [3.63, 3.8) is 0 Å². The molecule has 0 amide bonds. The van der Waals surface area contributed by atoms with E-state index in [1.54, 1.807) is 0 Å². The summed E-state index contributed by atoms with van der Waals surface area (Å²) >= 11 is 60.9. The van der Waals surface area contributed by atoms with E-state index in [2.05, 4.69) is 20.8 Å². The van der Waals surface area contributed by atoms with E-state index in [-0.39, 0.29) is 5.92 Å². The Morgan fingerprint density at radius 3 is 0.689 bits per heavy atom. The molecule has 0 N–H and O–H groups in total. The van der Waals surface area contributed by atoms with Crippen LogP contribution in [0.1, 0.15) is 144 Å². The minimum atomic E-state index is -3.55. The first-order chi connectivity index (χ1) is 42.6. The van der Waals surface area contributed by atoms with Crippen LogP contribution in [0.2, 0.25) is 30.2 Å². The molecule has 0 rings (SSSR count). The Balaban J connectivity index is 11.6. The summed E-state index contributed by atoms with van der Waals surface area (Å²) in [7, 11) is -24.2. The quantitative estimate of drug-likeness (QED) is 0.0160. The van der Waals surface area contributed by atoms with Gasteiger partial charge >= 0.3 is 44.0 Å². The van der Waals surface area contributed by atoms with Crippen molar-refractivity contribution in [2.75, 3.05) is 128 Å². The second-order valence-corrected chi connectivity index (χ2v) is 77.7. The molecule has 0 fully saturated rings. The molecule has 0 aromatic rings. The number of thiol groups is 10. The van der Waals surface area contributed by atoms with Gasteiger partial charge in [-0.1, -0.05) is 20.3 Å². The second kappa shape index (κ2) is 49.4. The molecule has 0 aliphatic heterocycles. The van der Waals surface area contributed by atoms with Gasteiger partial charge in [0.05, 0.1) is 4.75 Å². The number of rotatable bonds is 61. The summed E-state index contributed by atoms with van der Waals surface area (Å²) in [6.07, 6.45) is 2.40. The molecular formula is C50H122O15S20Si5. The third kappa shape index (κ3) is 25.9. The van der Waals surface area contributed by atoms with Crippen LogP contribution in [0.3, 0.4) is 0 Å². The predicted octanol–water partition coefficient (Wildman–Crippen LogP) is 20.5. The molecule has 0 aliphatic carbocycles. The molecule has 0 aliphatic rings. The number of hydrogen-bond acceptors (Lipinski definition) is 30. The molecule has 0 heterocycles. The molecule has 0 bridgehead atoms. The molecule has 8 atom stereocenters. The van der Waals surface area contributed by atoms with Gasteiger partial charge in [0.25, 0.3) is 0 Å². The van der Waals surface area contributed by atoms with E-state index in [0.717, 1.165) is 12.8 Å². The van der Waals surface area contributed by atoms with Gasteiger partial charge in [-0.2, -0.15) is 0 Å². The van der Waals surface area contributed by atoms with E-state index in [1.165, 1.54) is 49.1 Å². The van der Waals surface area contributed by atoms with Gasteiger partial charge < -0.3 is 66.4 Å². The summed E-state index contributed by atoms with van der Waals surface area (Å²) in [6.45, 7) is 42.4. The van der Waals surface area contributed by atoms with Crippen molar-refractivity contribution < 1.29 is 66.4 Å². The largest absolute Gasteiger partial charge is 0.501 e. The fourth-order valence-corrected chi connectivity index (χ4v) is 101. The van der Waals surface area contributed by atoms with Crippen LogP contribution in [0.15, 0.2) is 0 Å². The van der Waals surface area contributed by atoms with E-state index >= 15 is 0 Å². The fourth-order valence-electron chi connectivity index (χ4n) is 11.2. The van der Waals surface area contributed by atoms with Crippen LogP contribution in [0, 0.1) is 5.92 Å². The maximum absolute atomic E-state index is 6.84. The smallest absolute Gasteiger partial charge is 0.374 e. The minimum absolute atomic E-state index is 0.284. The normalized spacial score (nSPS) is 20.4. The number of hydrogen-bond donors (Lipinski definition) is 10. The molecule has 0 saturated heterocycles. The van der Waals surface area contributed by atoms with Crippen molar-refractivity contribution in [1.29, 1.82) is 0 Å². The van der Waals surface area contributed by atoms with Crippen LogP contribution in [-0.2, 0) is 66.4 Å². The Kier molecular flexibility index (Phi) is 53.5. The van der Waals surface area contributed by atoms with Gasteiger partial charge in [-0.3, -0.25) is 0 Å². The lowest BCUT2D eigenvalue weighted by molar-refractivity contribution is 0.0720. The van der Waals surface area contributed by atoms with Crippen molar-refractivity contribution in [2.24, 2.45) is 5.92 Å². The maximum atomic E-state index is 6.84. The highest BCUT2D eigenvalue weighted by atomic mass is 33.8. The van der Waals surface area contributed by atoms with E-state index in [0.29, 0.717) is 165 Å². The SMILES string of the molecule is CCO[Si](CCS(S)(SS)C(CCC(C)CC)C(C)(C(S(S)(CC[Si](OCC)(OCC)OCC)SS)(S(S)(CC[Si](OCC)(OCC)OCC)SS)S(S)(CC[Si](OCC)(OCC)OCC)SS)S(S)(CC[Si](OCC)(OCC)OCC)SS)(OCC)OCC. The first-order valence-corrected chi connectivity index (χ1v) is 67.4. The van der Waals surface area contributed by atoms with Crippen LogP contribution in [0.4, 0.5) is 0 Å². The highest BCUT2D eigenvalue weighted by Crippen LogP contribution is 3.08. The second-order valence-electron chi connectivity index (χ2n) is 20.0. The molecule has 0 spiro atoms. The third-order valence-electron chi connectivity index (χ3n) is 14.7. The van der Waals surface area contributed by atoms with Crippen LogP contribution >= 0.6 is 206 Å². The lowest BCUT2D eigenvalue weighted by Gasteiger charge is -2.78. The molecule has 0 saturated carbocycles. The first-order valence-electron chi connectivity index (χ1n) is 31.5. The molecule has 0 aromatic carbocycles. The molecule has 0 radical (unpaired) electrons. The van der Waals surface area contributed by atoms with E-state index in [4.69, 9.17) is 183 Å². The van der Waals surface area contributed by atoms with Gasteiger partial charge in [0.15, 0.2) is 0 Å². The van der Waals surface area contributed by atoms with Crippen molar-refractivity contribution in [3.8, 4) is 0 Å². The summed E-state index contributed by atoms with van der Waals surface area (Å²) in [5.41, 5.74) is 0. The molecular weight excluding hydrogens is 1620 g/mol. The molecule has 40 heteroatoms. The molecule has 552 valence electrons. The highest BCUT2D eigenvalue weighted by molar-refractivity contribution is 9.49. The van der Waals surface area contributed by atoms with E-state index < -0.39 is 97.9 Å². The molecule has 90 heavy (non-hydrogen) atoms. The summed E-state index contributed by atoms with van der Waals surface area (Å²) < 4.78 is 99.7. The average Bonchev–Trinajstić information content (AvgIpc) is 0.663. The van der Waals surface area contributed by atoms with Gasteiger partial charge in [-0.05, 0) is 184 Å². The Bertz CT molecular complexity index is 1700. The van der Waals surface area contributed by atoms with Gasteiger partial charge in [0.2, 0.25) is 0 Å². The van der Waals surface area contributed by atoms with Gasteiger partial charge in [0, 0.05) is 158 Å². The van der Waals surface area contributed by atoms with Gasteiger partial charge in [-0.15, -0.1) is 157 Å². The van der Waals surface area contributed by atoms with Crippen LogP contribution in [0.25, 0.3) is 0 Å². The summed E-state index contributed by atoms with van der Waals surface area (Å²) in [4.78, 5) is 0. The molecule has 15 nitrogen and oxygen atoms in total. The Morgan fingerprint density at radius 1 is 0.311 bits per heavy atom. The Morgan fingerprint density at radius 2 is 0.511 bits per heavy atom. The topological polar surface area (TPSA) is 138 Å². The summed E-state index contributed by atoms with van der Waals surface area (Å²) in [6, 6.07) is 1.93. The van der Waals surface area contributed by atoms with E-state index in [1.807, 2.05) is 104 Å². The monoisotopic (exact) mass is 1740 g/mol. The predicted molar refractivity (Wildman–Crippen MR) is 461 cm³/mol. The summed E-state index contributed by atoms with van der Waals surface area (Å²) in [5, 5.41) is -0.414. The van der Waals surface area contributed by atoms with Crippen LogP contribution in [-0.4, -0.2) is 185 Å². The minimum Gasteiger partial charge on any atom is -0.374 e. The van der Waals surface area contributed by atoms with Gasteiger partial charge in [-0.25, -0.2) is 0 Å². The van der Waals surface area contributed by atoms with Crippen molar-refractivity contribution >= 4 is 250 Å². The lowest BCUT2D eigenvalue weighted by Crippen LogP contribution is -2.65. The zero-order valence-corrected chi connectivity index (χ0v) is 79.2. The highest BCUT2D eigenvalue weighted by Gasteiger charge is 2.79. The standard InChI is InChI=1S/C50H122O15S20Si5/c1-19-47(17)35-36-48(81(71,76-66)37-42-86(51-20-2,52-21-3)53-22-4)49(18,82(72,77-67)38-43-87(54-23-5,55-24-6)56-25-7)50(83(73,78-68)39-44-88(57-26-8,58-27-9)59-28-10,84(74,79-69)40-45-89(60-29-11,61-30-12)62-31-13)85(75,80-70)41-46-90(63-32-14,64-33-15)65-34-16/h47-48,66-75H,19-46H2,1-18H3. The first kappa shape index (κ1) is 97.5. The Labute approximate surface area is 630 Å². The lowest BCUT2D eigenvalue weighted by atomic mass is 9.96. The Hall–Kier alpha value is 7.48. The van der Waals surface area contributed by atoms with Gasteiger partial charge in [0.1, 0.15) is 3.41 Å². The van der Waals surface area contributed by atoms with Crippen LogP contribution in [0.5, 0.6) is 0 Å². The summed E-state index contributed by atoms with van der Waals surface area (Å²) in [5.74, 6) is 2.35. The maximum Gasteiger partial charge on any atom is 0.501 e. The zero-order chi connectivity index (χ0) is 69.1.